The molecule has 1 rings (SSSR count). The van der Waals surface area contributed by atoms with Crippen LogP contribution in [0.25, 0.3) is 0 Å². The van der Waals surface area contributed by atoms with Gasteiger partial charge < -0.3 is 5.32 Å². The van der Waals surface area contributed by atoms with Crippen LogP contribution < -0.4 is 5.32 Å². The number of hydrogen-bond donors (Lipinski definition) is 1. The molecular formula is C11H23N. The van der Waals surface area contributed by atoms with E-state index in [2.05, 4.69) is 33.0 Å². The fraction of sp³-hybridized carbons (Fsp3) is 1.00. The minimum atomic E-state index is 0.592. The lowest BCUT2D eigenvalue weighted by atomic mass is 9.92. The van der Waals surface area contributed by atoms with E-state index in [0.717, 1.165) is 12.0 Å². The molecule has 0 bridgehead atoms. The summed E-state index contributed by atoms with van der Waals surface area (Å²) < 4.78 is 0. The Bertz CT molecular complexity index is 138. The monoisotopic (exact) mass is 169 g/mol. The molecular weight excluding hydrogens is 146 g/mol. The smallest absolute Gasteiger partial charge is 0.00724 e. The number of nitrogens with one attached hydrogen (secondary N) is 1. The zero-order valence-corrected chi connectivity index (χ0v) is 8.98. The molecule has 72 valence electrons. The maximum Gasteiger partial charge on any atom is 0.00724 e. The van der Waals surface area contributed by atoms with Crippen LogP contribution in [-0.4, -0.2) is 12.6 Å². The van der Waals surface area contributed by atoms with E-state index in [1.807, 2.05) is 0 Å². The summed E-state index contributed by atoms with van der Waals surface area (Å²) in [6, 6.07) is 0.794. The van der Waals surface area contributed by atoms with Crippen molar-refractivity contribution in [3.8, 4) is 0 Å². The van der Waals surface area contributed by atoms with Gasteiger partial charge in [-0.2, -0.15) is 0 Å². The van der Waals surface area contributed by atoms with E-state index >= 15 is 0 Å². The van der Waals surface area contributed by atoms with Gasteiger partial charge in [0, 0.05) is 6.04 Å². The van der Waals surface area contributed by atoms with Gasteiger partial charge in [0.05, 0.1) is 0 Å². The third-order valence-electron chi connectivity index (χ3n) is 2.78. The normalized spacial score (nSPS) is 28.2. The molecule has 0 saturated heterocycles. The van der Waals surface area contributed by atoms with Crippen LogP contribution >= 0.6 is 0 Å². The SMILES string of the molecule is CC(C)CNC1CCC(C)(C)C1. The molecule has 1 saturated carbocycles. The molecule has 1 fully saturated rings. The summed E-state index contributed by atoms with van der Waals surface area (Å²) in [6.07, 6.45) is 4.13. The highest BCUT2D eigenvalue weighted by molar-refractivity contribution is 4.86. The molecule has 1 atom stereocenters. The van der Waals surface area contributed by atoms with Crippen LogP contribution in [0.4, 0.5) is 0 Å². The standard InChI is InChI=1S/C11H23N/c1-9(2)8-12-10-5-6-11(3,4)7-10/h9-10,12H,5-8H2,1-4H3. The summed E-state index contributed by atoms with van der Waals surface area (Å²) in [4.78, 5) is 0. The largest absolute Gasteiger partial charge is 0.314 e. The third-order valence-corrected chi connectivity index (χ3v) is 2.78. The Hall–Kier alpha value is -0.0400. The molecule has 0 radical (unpaired) electrons. The molecule has 0 aliphatic heterocycles. The topological polar surface area (TPSA) is 12.0 Å². The molecule has 0 amide bonds. The summed E-state index contributed by atoms with van der Waals surface area (Å²) in [6.45, 7) is 10.5. The molecule has 0 aromatic heterocycles. The lowest BCUT2D eigenvalue weighted by Gasteiger charge is -2.18. The van der Waals surface area contributed by atoms with Crippen molar-refractivity contribution in [2.45, 2.75) is 53.0 Å². The van der Waals surface area contributed by atoms with Crippen molar-refractivity contribution < 1.29 is 0 Å². The van der Waals surface area contributed by atoms with Crippen molar-refractivity contribution in [3.63, 3.8) is 0 Å². The molecule has 1 nitrogen and oxygen atoms in total. The first-order valence-electron chi connectivity index (χ1n) is 5.23. The summed E-state index contributed by atoms with van der Waals surface area (Å²) in [5.41, 5.74) is 0.592. The van der Waals surface area contributed by atoms with Crippen molar-refractivity contribution in [2.24, 2.45) is 11.3 Å². The first kappa shape index (κ1) is 10.0. The van der Waals surface area contributed by atoms with Gasteiger partial charge in [0.25, 0.3) is 0 Å². The van der Waals surface area contributed by atoms with Crippen LogP contribution in [0.15, 0.2) is 0 Å². The molecule has 1 aliphatic rings. The first-order valence-corrected chi connectivity index (χ1v) is 5.23. The van der Waals surface area contributed by atoms with E-state index in [-0.39, 0.29) is 0 Å². The number of rotatable bonds is 3. The number of hydrogen-bond acceptors (Lipinski definition) is 1. The summed E-state index contributed by atoms with van der Waals surface area (Å²) in [7, 11) is 0. The van der Waals surface area contributed by atoms with E-state index < -0.39 is 0 Å². The molecule has 0 heterocycles. The zero-order valence-electron chi connectivity index (χ0n) is 8.98. The summed E-state index contributed by atoms with van der Waals surface area (Å²) in [5, 5.41) is 3.64. The molecule has 12 heavy (non-hydrogen) atoms. The molecule has 1 unspecified atom stereocenters. The van der Waals surface area contributed by atoms with Gasteiger partial charge in [-0.15, -0.1) is 0 Å². The summed E-state index contributed by atoms with van der Waals surface area (Å²) >= 11 is 0. The lowest BCUT2D eigenvalue weighted by Crippen LogP contribution is -2.30. The second-order valence-electron chi connectivity index (χ2n) is 5.41. The highest BCUT2D eigenvalue weighted by Gasteiger charge is 2.30. The van der Waals surface area contributed by atoms with Crippen LogP contribution in [0.2, 0.25) is 0 Å². The Morgan fingerprint density at radius 2 is 2.08 bits per heavy atom. The molecule has 1 N–H and O–H groups in total. The van der Waals surface area contributed by atoms with Gasteiger partial charge in [0.1, 0.15) is 0 Å². The van der Waals surface area contributed by atoms with Gasteiger partial charge in [-0.1, -0.05) is 27.7 Å². The van der Waals surface area contributed by atoms with Crippen LogP contribution in [0.5, 0.6) is 0 Å². The van der Waals surface area contributed by atoms with Gasteiger partial charge >= 0.3 is 0 Å². The van der Waals surface area contributed by atoms with Gasteiger partial charge in [-0.05, 0) is 37.1 Å². The highest BCUT2D eigenvalue weighted by atomic mass is 14.9. The quantitative estimate of drug-likeness (QED) is 0.685. The molecule has 0 spiro atoms. The Kier molecular flexibility index (Phi) is 3.16. The van der Waals surface area contributed by atoms with E-state index in [0.29, 0.717) is 5.41 Å². The molecule has 0 aromatic carbocycles. The predicted molar refractivity (Wildman–Crippen MR) is 54.3 cm³/mol. The van der Waals surface area contributed by atoms with Gasteiger partial charge in [-0.3, -0.25) is 0 Å². The van der Waals surface area contributed by atoms with Gasteiger partial charge in [-0.25, -0.2) is 0 Å². The molecule has 0 aromatic rings. The average molecular weight is 169 g/mol. The second-order valence-corrected chi connectivity index (χ2v) is 5.41. The third kappa shape index (κ3) is 3.14. The Morgan fingerprint density at radius 3 is 2.50 bits per heavy atom. The maximum atomic E-state index is 3.64. The molecule has 1 aliphatic carbocycles. The minimum Gasteiger partial charge on any atom is -0.314 e. The van der Waals surface area contributed by atoms with E-state index in [4.69, 9.17) is 0 Å². The van der Waals surface area contributed by atoms with Crippen LogP contribution in [-0.2, 0) is 0 Å². The van der Waals surface area contributed by atoms with Crippen molar-refractivity contribution >= 4 is 0 Å². The van der Waals surface area contributed by atoms with Crippen LogP contribution in [0.3, 0.4) is 0 Å². The van der Waals surface area contributed by atoms with E-state index in [1.165, 1.54) is 25.8 Å². The maximum absolute atomic E-state index is 3.64. The van der Waals surface area contributed by atoms with Crippen molar-refractivity contribution in [3.05, 3.63) is 0 Å². The van der Waals surface area contributed by atoms with Gasteiger partial charge in [0.2, 0.25) is 0 Å². The van der Waals surface area contributed by atoms with Gasteiger partial charge in [0.15, 0.2) is 0 Å². The van der Waals surface area contributed by atoms with Crippen molar-refractivity contribution in [1.82, 2.24) is 5.32 Å². The molecule has 1 heteroatoms. The Morgan fingerprint density at radius 1 is 1.42 bits per heavy atom. The zero-order chi connectivity index (χ0) is 9.19. The van der Waals surface area contributed by atoms with E-state index in [9.17, 15) is 0 Å². The Balaban J connectivity index is 2.20. The predicted octanol–water partition coefficient (Wildman–Crippen LogP) is 2.81. The minimum absolute atomic E-state index is 0.592. The summed E-state index contributed by atoms with van der Waals surface area (Å²) in [5.74, 6) is 0.786. The lowest BCUT2D eigenvalue weighted by molar-refractivity contribution is 0.360. The fourth-order valence-corrected chi connectivity index (χ4v) is 2.01. The van der Waals surface area contributed by atoms with Crippen LogP contribution in [0.1, 0.15) is 47.0 Å². The average Bonchev–Trinajstić information content (AvgIpc) is 2.26. The van der Waals surface area contributed by atoms with Crippen molar-refractivity contribution in [1.29, 1.82) is 0 Å². The highest BCUT2D eigenvalue weighted by Crippen LogP contribution is 2.36. The van der Waals surface area contributed by atoms with Crippen molar-refractivity contribution in [2.75, 3.05) is 6.54 Å². The van der Waals surface area contributed by atoms with E-state index in [1.54, 1.807) is 0 Å². The fourth-order valence-electron chi connectivity index (χ4n) is 2.01. The Labute approximate surface area is 76.9 Å². The second kappa shape index (κ2) is 3.78. The first-order chi connectivity index (χ1) is 5.49. The van der Waals surface area contributed by atoms with Crippen LogP contribution in [0, 0.1) is 11.3 Å².